The summed E-state index contributed by atoms with van der Waals surface area (Å²) in [4.78, 5) is 17.7. The van der Waals surface area contributed by atoms with Crippen molar-refractivity contribution in [2.45, 2.75) is 31.1 Å². The van der Waals surface area contributed by atoms with Gasteiger partial charge in [-0.05, 0) is 50.6 Å². The van der Waals surface area contributed by atoms with Crippen LogP contribution in [0.15, 0.2) is 23.1 Å². The van der Waals surface area contributed by atoms with Crippen molar-refractivity contribution >= 4 is 15.9 Å². The summed E-state index contributed by atoms with van der Waals surface area (Å²) in [5.74, 6) is -0.222. The summed E-state index contributed by atoms with van der Waals surface area (Å²) >= 11 is 0. The average Bonchev–Trinajstić information content (AvgIpc) is 2.80. The van der Waals surface area contributed by atoms with Crippen molar-refractivity contribution in [1.29, 1.82) is 0 Å². The second kappa shape index (κ2) is 11.4. The number of likely N-dealkylation sites (N-methyl/N-ethyl adjacent to an activating group) is 1. The SMILES string of the molecule is CCc1ccc(C(=O)NCCCCN2CCN(C)CC2)cc1S(=O)(=O)N1CCOCC1. The van der Waals surface area contributed by atoms with E-state index in [4.69, 9.17) is 4.74 Å². The van der Waals surface area contributed by atoms with Gasteiger partial charge in [0.05, 0.1) is 18.1 Å². The van der Waals surface area contributed by atoms with Gasteiger partial charge in [-0.1, -0.05) is 13.0 Å². The van der Waals surface area contributed by atoms with E-state index in [2.05, 4.69) is 22.2 Å². The summed E-state index contributed by atoms with van der Waals surface area (Å²) < 4.78 is 33.0. The summed E-state index contributed by atoms with van der Waals surface area (Å²) in [6.45, 7) is 9.48. The van der Waals surface area contributed by atoms with Crippen LogP contribution >= 0.6 is 0 Å². The van der Waals surface area contributed by atoms with E-state index in [1.54, 1.807) is 12.1 Å². The zero-order valence-electron chi connectivity index (χ0n) is 18.8. The van der Waals surface area contributed by atoms with E-state index in [1.165, 1.54) is 10.4 Å². The zero-order chi connectivity index (χ0) is 22.3. The number of rotatable bonds is 9. The Hall–Kier alpha value is -1.52. The lowest BCUT2D eigenvalue weighted by Gasteiger charge is -2.32. The highest BCUT2D eigenvalue weighted by atomic mass is 32.2. The summed E-state index contributed by atoms with van der Waals surface area (Å²) in [6.07, 6.45) is 2.53. The maximum atomic E-state index is 13.1. The van der Waals surface area contributed by atoms with E-state index in [9.17, 15) is 13.2 Å². The molecule has 2 saturated heterocycles. The van der Waals surface area contributed by atoms with Crippen molar-refractivity contribution in [3.63, 3.8) is 0 Å². The fourth-order valence-corrected chi connectivity index (χ4v) is 5.72. The second-order valence-corrected chi connectivity index (χ2v) is 10.2. The van der Waals surface area contributed by atoms with Crippen molar-refractivity contribution in [2.75, 3.05) is 72.6 Å². The minimum atomic E-state index is -3.64. The molecule has 8 nitrogen and oxygen atoms in total. The monoisotopic (exact) mass is 452 g/mol. The Labute approximate surface area is 186 Å². The van der Waals surface area contributed by atoms with Crippen LogP contribution in [0.25, 0.3) is 0 Å². The van der Waals surface area contributed by atoms with Gasteiger partial charge in [0.15, 0.2) is 0 Å². The maximum Gasteiger partial charge on any atom is 0.251 e. The quantitative estimate of drug-likeness (QED) is 0.564. The number of ether oxygens (including phenoxy) is 1. The van der Waals surface area contributed by atoms with Gasteiger partial charge in [-0.15, -0.1) is 0 Å². The van der Waals surface area contributed by atoms with Crippen molar-refractivity contribution < 1.29 is 17.9 Å². The summed E-state index contributed by atoms with van der Waals surface area (Å²) in [6, 6.07) is 5.01. The fraction of sp³-hybridized carbons (Fsp3) is 0.682. The van der Waals surface area contributed by atoms with E-state index in [1.807, 2.05) is 6.92 Å². The van der Waals surface area contributed by atoms with Crippen LogP contribution in [0.4, 0.5) is 0 Å². The molecule has 3 rings (SSSR count). The van der Waals surface area contributed by atoms with Crippen LogP contribution in [0.3, 0.4) is 0 Å². The molecule has 9 heteroatoms. The molecular formula is C22H36N4O4S. The number of hydrogen-bond acceptors (Lipinski definition) is 6. The van der Waals surface area contributed by atoms with Gasteiger partial charge in [0.1, 0.15) is 0 Å². The van der Waals surface area contributed by atoms with E-state index in [0.29, 0.717) is 44.8 Å². The first kappa shape index (κ1) is 24.1. The molecule has 0 aliphatic carbocycles. The molecule has 1 aromatic rings. The van der Waals surface area contributed by atoms with Crippen LogP contribution in [0.1, 0.15) is 35.7 Å². The summed E-state index contributed by atoms with van der Waals surface area (Å²) in [7, 11) is -1.49. The molecule has 0 unspecified atom stereocenters. The lowest BCUT2D eigenvalue weighted by molar-refractivity contribution is 0.0730. The van der Waals surface area contributed by atoms with Crippen molar-refractivity contribution in [3.05, 3.63) is 29.3 Å². The average molecular weight is 453 g/mol. The van der Waals surface area contributed by atoms with Gasteiger partial charge in [0.25, 0.3) is 5.91 Å². The molecule has 1 aromatic carbocycles. The number of benzene rings is 1. The third-order valence-electron chi connectivity index (χ3n) is 6.08. The molecule has 0 bridgehead atoms. The number of carbonyl (C=O) groups is 1. The van der Waals surface area contributed by atoms with Crippen LogP contribution in [0, 0.1) is 0 Å². The normalized spacial score (nSPS) is 19.4. The summed E-state index contributed by atoms with van der Waals surface area (Å²) in [5.41, 5.74) is 1.12. The molecule has 0 aromatic heterocycles. The standard InChI is InChI=1S/C22H36N4O4S/c1-3-19-6-7-20(18-21(19)31(28,29)26-14-16-30-17-15-26)22(27)23-8-4-5-9-25-12-10-24(2)11-13-25/h6-7,18H,3-5,8-17H2,1-2H3,(H,23,27). The van der Waals surface area contributed by atoms with Gasteiger partial charge >= 0.3 is 0 Å². The number of piperazine rings is 1. The Morgan fingerprint density at radius 2 is 1.77 bits per heavy atom. The van der Waals surface area contributed by atoms with E-state index in [0.717, 1.165) is 51.1 Å². The third kappa shape index (κ3) is 6.49. The number of sulfonamides is 1. The molecule has 1 amide bonds. The fourth-order valence-electron chi connectivity index (χ4n) is 3.99. The molecule has 0 atom stereocenters. The highest BCUT2D eigenvalue weighted by Gasteiger charge is 2.29. The molecule has 174 valence electrons. The van der Waals surface area contributed by atoms with Gasteiger partial charge < -0.3 is 19.9 Å². The van der Waals surface area contributed by atoms with E-state index in [-0.39, 0.29) is 10.8 Å². The number of aryl methyl sites for hydroxylation is 1. The zero-order valence-corrected chi connectivity index (χ0v) is 19.6. The van der Waals surface area contributed by atoms with Crippen LogP contribution in [-0.2, 0) is 21.2 Å². The minimum Gasteiger partial charge on any atom is -0.379 e. The first-order chi connectivity index (χ1) is 14.9. The molecule has 2 heterocycles. The molecule has 2 fully saturated rings. The number of amides is 1. The van der Waals surface area contributed by atoms with Crippen molar-refractivity contribution in [3.8, 4) is 0 Å². The Bertz CT molecular complexity index is 832. The number of hydrogen-bond donors (Lipinski definition) is 1. The van der Waals surface area contributed by atoms with Gasteiger partial charge in [-0.25, -0.2) is 8.42 Å². The predicted octanol–water partition coefficient (Wildman–Crippen LogP) is 1.03. The van der Waals surface area contributed by atoms with Crippen molar-refractivity contribution in [2.24, 2.45) is 0 Å². The van der Waals surface area contributed by atoms with E-state index >= 15 is 0 Å². The number of unbranched alkanes of at least 4 members (excludes halogenated alkanes) is 1. The smallest absolute Gasteiger partial charge is 0.251 e. The number of carbonyl (C=O) groups excluding carboxylic acids is 1. The Morgan fingerprint density at radius 3 is 2.45 bits per heavy atom. The Kier molecular flexibility index (Phi) is 8.85. The first-order valence-electron chi connectivity index (χ1n) is 11.3. The largest absolute Gasteiger partial charge is 0.379 e. The number of morpholine rings is 1. The summed E-state index contributed by atoms with van der Waals surface area (Å²) in [5, 5.41) is 2.95. The van der Waals surface area contributed by atoms with Gasteiger partial charge in [0.2, 0.25) is 10.0 Å². The van der Waals surface area contributed by atoms with Gasteiger partial charge in [-0.2, -0.15) is 4.31 Å². The Balaban J connectivity index is 1.54. The maximum absolute atomic E-state index is 13.1. The Morgan fingerprint density at radius 1 is 1.06 bits per heavy atom. The van der Waals surface area contributed by atoms with Crippen LogP contribution in [0.2, 0.25) is 0 Å². The molecule has 31 heavy (non-hydrogen) atoms. The molecule has 0 saturated carbocycles. The lowest BCUT2D eigenvalue weighted by atomic mass is 10.1. The molecular weight excluding hydrogens is 416 g/mol. The van der Waals surface area contributed by atoms with Crippen molar-refractivity contribution in [1.82, 2.24) is 19.4 Å². The lowest BCUT2D eigenvalue weighted by Crippen LogP contribution is -2.44. The first-order valence-corrected chi connectivity index (χ1v) is 12.8. The van der Waals surface area contributed by atoms with Gasteiger partial charge in [-0.3, -0.25) is 4.79 Å². The molecule has 2 aliphatic rings. The van der Waals surface area contributed by atoms with Crippen LogP contribution < -0.4 is 5.32 Å². The van der Waals surface area contributed by atoms with Gasteiger partial charge in [0, 0.05) is 51.4 Å². The third-order valence-corrected chi connectivity index (χ3v) is 8.06. The van der Waals surface area contributed by atoms with Crippen LogP contribution in [0.5, 0.6) is 0 Å². The molecule has 2 aliphatic heterocycles. The predicted molar refractivity (Wildman–Crippen MR) is 121 cm³/mol. The number of nitrogens with zero attached hydrogens (tertiary/aromatic N) is 3. The second-order valence-electron chi connectivity index (χ2n) is 8.30. The molecule has 0 radical (unpaired) electrons. The molecule has 1 N–H and O–H groups in total. The highest BCUT2D eigenvalue weighted by Crippen LogP contribution is 2.23. The number of nitrogens with one attached hydrogen (secondary N) is 1. The topological polar surface area (TPSA) is 82.2 Å². The highest BCUT2D eigenvalue weighted by molar-refractivity contribution is 7.89. The minimum absolute atomic E-state index is 0.222. The van der Waals surface area contributed by atoms with Crippen LogP contribution in [-0.4, -0.2) is 101 Å². The molecule has 0 spiro atoms. The van der Waals surface area contributed by atoms with E-state index < -0.39 is 10.0 Å².